The van der Waals surface area contributed by atoms with Crippen molar-refractivity contribution in [3.63, 3.8) is 0 Å². The molecule has 4 rings (SSSR count). The third kappa shape index (κ3) is 3.91. The van der Waals surface area contributed by atoms with Crippen LogP contribution < -0.4 is 0 Å². The summed E-state index contributed by atoms with van der Waals surface area (Å²) in [6, 6.07) is 14.7. The van der Waals surface area contributed by atoms with Crippen molar-refractivity contribution >= 4 is 5.91 Å². The molecule has 6 heteroatoms. The Bertz CT molecular complexity index is 924. The van der Waals surface area contributed by atoms with Crippen LogP contribution in [0.4, 0.5) is 4.39 Å². The van der Waals surface area contributed by atoms with Gasteiger partial charge < -0.3 is 9.64 Å². The molecular weight excluding hydrogens is 357 g/mol. The van der Waals surface area contributed by atoms with E-state index in [0.29, 0.717) is 50.5 Å². The van der Waals surface area contributed by atoms with Crippen molar-refractivity contribution in [2.45, 2.75) is 25.6 Å². The number of carbonyl (C=O) groups excluding carboxylic acids is 1. The third-order valence-electron chi connectivity index (χ3n) is 5.44. The van der Waals surface area contributed by atoms with Crippen molar-refractivity contribution in [1.82, 2.24) is 9.80 Å². The predicted molar refractivity (Wildman–Crippen MR) is 102 cm³/mol. The molecule has 144 valence electrons. The first-order chi connectivity index (χ1) is 13.6. The Labute approximate surface area is 163 Å². The normalized spacial score (nSPS) is 19.7. The maximum absolute atomic E-state index is 14.2. The van der Waals surface area contributed by atoms with Gasteiger partial charge in [0.15, 0.2) is 0 Å². The van der Waals surface area contributed by atoms with Gasteiger partial charge in [-0.15, -0.1) is 0 Å². The molecule has 28 heavy (non-hydrogen) atoms. The number of benzene rings is 2. The van der Waals surface area contributed by atoms with Crippen molar-refractivity contribution in [3.05, 3.63) is 70.5 Å². The van der Waals surface area contributed by atoms with Gasteiger partial charge in [0.05, 0.1) is 18.2 Å². The van der Waals surface area contributed by atoms with E-state index in [-0.39, 0.29) is 11.7 Å². The minimum absolute atomic E-state index is 0.000460. The van der Waals surface area contributed by atoms with Gasteiger partial charge in [-0.2, -0.15) is 5.26 Å². The molecule has 5 nitrogen and oxygen atoms in total. The number of halogens is 1. The van der Waals surface area contributed by atoms with Crippen LogP contribution in [0.1, 0.15) is 22.3 Å². The van der Waals surface area contributed by atoms with Crippen LogP contribution in [-0.4, -0.2) is 48.1 Å². The van der Waals surface area contributed by atoms with Crippen LogP contribution in [0.2, 0.25) is 0 Å². The van der Waals surface area contributed by atoms with Gasteiger partial charge >= 0.3 is 0 Å². The summed E-state index contributed by atoms with van der Waals surface area (Å²) in [6.45, 7) is 3.23. The molecule has 0 saturated carbocycles. The van der Waals surface area contributed by atoms with Gasteiger partial charge in [0.2, 0.25) is 0 Å². The lowest BCUT2D eigenvalue weighted by atomic mass is 9.99. The van der Waals surface area contributed by atoms with Crippen LogP contribution in [0, 0.1) is 17.1 Å². The zero-order valence-electron chi connectivity index (χ0n) is 15.6. The van der Waals surface area contributed by atoms with Crippen molar-refractivity contribution in [3.8, 4) is 6.07 Å². The zero-order chi connectivity index (χ0) is 19.5. The molecule has 1 saturated heterocycles. The number of fused-ring (bicyclic) bond motifs is 1. The summed E-state index contributed by atoms with van der Waals surface area (Å²) in [7, 11) is 0. The highest BCUT2D eigenvalue weighted by Crippen LogP contribution is 2.21. The molecule has 0 radical (unpaired) electrons. The van der Waals surface area contributed by atoms with Crippen LogP contribution >= 0.6 is 0 Å². The van der Waals surface area contributed by atoms with E-state index < -0.39 is 6.10 Å². The molecule has 2 aliphatic rings. The summed E-state index contributed by atoms with van der Waals surface area (Å²) in [6.07, 6.45) is 0.329. The highest BCUT2D eigenvalue weighted by molar-refractivity contribution is 5.81. The number of nitriles is 1. The van der Waals surface area contributed by atoms with E-state index in [0.717, 1.165) is 6.42 Å². The van der Waals surface area contributed by atoms with E-state index in [4.69, 9.17) is 10.00 Å². The largest absolute Gasteiger partial charge is 0.366 e. The van der Waals surface area contributed by atoms with E-state index in [1.54, 1.807) is 12.1 Å². The first-order valence-corrected chi connectivity index (χ1v) is 9.52. The molecule has 0 aliphatic carbocycles. The topological polar surface area (TPSA) is 56.6 Å². The second kappa shape index (κ2) is 8.09. The number of nitrogens with zero attached hydrogens (tertiary/aromatic N) is 3. The molecule has 2 aliphatic heterocycles. The molecule has 2 aromatic rings. The lowest BCUT2D eigenvalue weighted by molar-refractivity contribution is -0.150. The van der Waals surface area contributed by atoms with E-state index in [9.17, 15) is 9.18 Å². The summed E-state index contributed by atoms with van der Waals surface area (Å²) in [5.41, 5.74) is 3.32. The van der Waals surface area contributed by atoms with Crippen molar-refractivity contribution in [1.29, 1.82) is 5.26 Å². The minimum Gasteiger partial charge on any atom is -0.366 e. The van der Waals surface area contributed by atoms with E-state index in [1.807, 2.05) is 28.0 Å². The Balaban J connectivity index is 1.40. The maximum Gasteiger partial charge on any atom is 0.253 e. The highest BCUT2D eigenvalue weighted by Gasteiger charge is 2.32. The highest BCUT2D eigenvalue weighted by atomic mass is 19.1. The molecular formula is C22H22FN3O2. The van der Waals surface area contributed by atoms with Crippen molar-refractivity contribution < 1.29 is 13.9 Å². The molecule has 0 spiro atoms. The molecule has 1 unspecified atom stereocenters. The maximum atomic E-state index is 14.2. The Kier molecular flexibility index (Phi) is 5.38. The van der Waals surface area contributed by atoms with Gasteiger partial charge in [0.1, 0.15) is 11.9 Å². The summed E-state index contributed by atoms with van der Waals surface area (Å²) in [5, 5.41) is 8.87. The molecule has 2 aromatic carbocycles. The number of morpholine rings is 1. The first-order valence-electron chi connectivity index (χ1n) is 9.52. The van der Waals surface area contributed by atoms with Crippen LogP contribution in [-0.2, 0) is 29.0 Å². The summed E-state index contributed by atoms with van der Waals surface area (Å²) in [5.74, 6) is -0.388. The van der Waals surface area contributed by atoms with Gasteiger partial charge in [-0.1, -0.05) is 30.3 Å². The number of amides is 1. The quantitative estimate of drug-likeness (QED) is 0.822. The summed E-state index contributed by atoms with van der Waals surface area (Å²) in [4.78, 5) is 16.9. The van der Waals surface area contributed by atoms with Crippen molar-refractivity contribution in [2.24, 2.45) is 0 Å². The SMILES string of the molecule is N#Cc1ccc(CN2CCOC(C(=O)N3CCc4ccccc4C3)C2)c(F)c1. The van der Waals surface area contributed by atoms with E-state index in [2.05, 4.69) is 12.1 Å². The number of rotatable bonds is 3. The predicted octanol–water partition coefficient (Wildman–Crippen LogP) is 2.48. The second-order valence-corrected chi connectivity index (χ2v) is 7.29. The molecule has 1 amide bonds. The van der Waals surface area contributed by atoms with Crippen LogP contribution in [0.3, 0.4) is 0 Å². The van der Waals surface area contributed by atoms with Gasteiger partial charge in [-0.3, -0.25) is 9.69 Å². The molecule has 0 aromatic heterocycles. The average Bonchev–Trinajstić information content (AvgIpc) is 2.74. The number of hydrogen-bond acceptors (Lipinski definition) is 4. The Morgan fingerprint density at radius 3 is 2.82 bits per heavy atom. The summed E-state index contributed by atoms with van der Waals surface area (Å²) >= 11 is 0. The Morgan fingerprint density at radius 1 is 1.21 bits per heavy atom. The fraction of sp³-hybridized carbons (Fsp3) is 0.364. The van der Waals surface area contributed by atoms with Crippen LogP contribution in [0.5, 0.6) is 0 Å². The lowest BCUT2D eigenvalue weighted by Crippen LogP contribution is -2.51. The first kappa shape index (κ1) is 18.6. The number of hydrogen-bond donors (Lipinski definition) is 0. The van der Waals surface area contributed by atoms with Gasteiger partial charge in [-0.25, -0.2) is 4.39 Å². The fourth-order valence-corrected chi connectivity index (χ4v) is 3.87. The van der Waals surface area contributed by atoms with Gasteiger partial charge in [-0.05, 0) is 29.7 Å². The fourth-order valence-electron chi connectivity index (χ4n) is 3.87. The molecule has 1 fully saturated rings. The van der Waals surface area contributed by atoms with E-state index >= 15 is 0 Å². The number of carbonyl (C=O) groups is 1. The number of ether oxygens (including phenoxy) is 1. The second-order valence-electron chi connectivity index (χ2n) is 7.29. The third-order valence-corrected chi connectivity index (χ3v) is 5.44. The Hall–Kier alpha value is -2.75. The van der Waals surface area contributed by atoms with Crippen LogP contribution in [0.25, 0.3) is 0 Å². The molecule has 0 N–H and O–H groups in total. The average molecular weight is 379 g/mol. The molecule has 1 atom stereocenters. The van der Waals surface area contributed by atoms with Crippen LogP contribution in [0.15, 0.2) is 42.5 Å². The standard InChI is InChI=1S/C22H22FN3O2/c23-20-11-16(12-24)5-6-19(20)13-25-9-10-28-21(15-25)22(27)26-8-7-17-3-1-2-4-18(17)14-26/h1-6,11,21H,7-10,13-15H2. The zero-order valence-corrected chi connectivity index (χ0v) is 15.6. The van der Waals surface area contributed by atoms with Gasteiger partial charge in [0.25, 0.3) is 5.91 Å². The van der Waals surface area contributed by atoms with E-state index in [1.165, 1.54) is 17.2 Å². The smallest absolute Gasteiger partial charge is 0.253 e. The lowest BCUT2D eigenvalue weighted by Gasteiger charge is -2.36. The molecule has 2 heterocycles. The molecule has 0 bridgehead atoms. The minimum atomic E-state index is -0.527. The van der Waals surface area contributed by atoms with Gasteiger partial charge in [0, 0.05) is 38.3 Å². The van der Waals surface area contributed by atoms with Crippen molar-refractivity contribution in [2.75, 3.05) is 26.2 Å². The monoisotopic (exact) mass is 379 g/mol. The Morgan fingerprint density at radius 2 is 2.04 bits per heavy atom. The summed E-state index contributed by atoms with van der Waals surface area (Å²) < 4.78 is 19.9.